The van der Waals surface area contributed by atoms with E-state index in [2.05, 4.69) is 24.3 Å². The number of hydrogen-bond acceptors (Lipinski definition) is 6. The second kappa shape index (κ2) is 17.4. The lowest BCUT2D eigenvalue weighted by Gasteiger charge is -2.26. The largest absolute Gasteiger partial charge is 0.508 e. The summed E-state index contributed by atoms with van der Waals surface area (Å²) in [7, 11) is 1.90. The van der Waals surface area contributed by atoms with Crippen LogP contribution in [0.15, 0.2) is 48.5 Å². The van der Waals surface area contributed by atoms with Crippen LogP contribution in [0.1, 0.15) is 35.4 Å². The standard InChI is InChI=1S/C23H30N2O3S.C6HF5.CH2O2/c1-17-4-9-21(14-22(17)26)25(23(27)16-24(2)29-3)15-18-5-7-19(8-6-18)20-10-12-28-13-11-20;7-2-1-3(8)5(10)6(11)4(2)9;2-1-3/h4-9,14,20,26H,10-13,15-16H2,1-3H3;1H;1H,(H,2,3). The highest BCUT2D eigenvalue weighted by atomic mass is 32.2. The number of likely N-dealkylation sites (N-methyl/N-ethyl adjacent to an activating group) is 1. The fraction of sp³-hybridized carbons (Fsp3) is 0.333. The van der Waals surface area contributed by atoms with Gasteiger partial charge in [0.25, 0.3) is 6.47 Å². The first-order chi connectivity index (χ1) is 20.4. The SMILES string of the molecule is CSN(C)CC(=O)N(Cc1ccc(C2CCOCC2)cc1)c1ccc(C)c(O)c1.Fc1cc(F)c(F)c(F)c1F.O=CO. The number of carbonyl (C=O) groups is 2. The normalized spacial score (nSPS) is 13.0. The van der Waals surface area contributed by atoms with E-state index in [0.717, 1.165) is 37.2 Å². The third-order valence-corrected chi connectivity index (χ3v) is 7.30. The lowest BCUT2D eigenvalue weighted by atomic mass is 9.91. The lowest BCUT2D eigenvalue weighted by molar-refractivity contribution is -0.123. The molecule has 3 aromatic carbocycles. The zero-order chi connectivity index (χ0) is 32.1. The Bertz CT molecular complexity index is 1330. The highest BCUT2D eigenvalue weighted by molar-refractivity contribution is 7.96. The average Bonchev–Trinajstić information content (AvgIpc) is 3.00. The molecule has 0 aliphatic carbocycles. The van der Waals surface area contributed by atoms with Crippen LogP contribution in [0.25, 0.3) is 0 Å². The number of benzene rings is 3. The fourth-order valence-corrected chi connectivity index (χ4v) is 4.32. The second-order valence-corrected chi connectivity index (χ2v) is 10.4. The van der Waals surface area contributed by atoms with Crippen molar-refractivity contribution in [2.24, 2.45) is 0 Å². The molecule has 0 unspecified atom stereocenters. The number of phenols is 1. The molecule has 1 aliphatic heterocycles. The van der Waals surface area contributed by atoms with E-state index >= 15 is 0 Å². The number of halogens is 5. The predicted octanol–water partition coefficient (Wildman–Crippen LogP) is 6.42. The summed E-state index contributed by atoms with van der Waals surface area (Å²) in [4.78, 5) is 23.1. The Hall–Kier alpha value is -3.68. The fourth-order valence-electron chi connectivity index (χ4n) is 4.08. The van der Waals surface area contributed by atoms with Crippen LogP contribution >= 0.6 is 11.9 Å². The van der Waals surface area contributed by atoms with Gasteiger partial charge in [0.1, 0.15) is 5.75 Å². The van der Waals surface area contributed by atoms with Crippen LogP contribution in [0.4, 0.5) is 27.6 Å². The number of nitrogens with zero attached hydrogens (tertiary/aromatic N) is 2. The van der Waals surface area contributed by atoms with Crippen molar-refractivity contribution in [3.05, 3.63) is 94.3 Å². The predicted molar refractivity (Wildman–Crippen MR) is 154 cm³/mol. The van der Waals surface area contributed by atoms with Gasteiger partial charge in [0.05, 0.1) is 13.1 Å². The van der Waals surface area contributed by atoms with Gasteiger partial charge >= 0.3 is 0 Å². The molecule has 0 bridgehead atoms. The van der Waals surface area contributed by atoms with Gasteiger partial charge in [0.15, 0.2) is 23.3 Å². The molecule has 0 atom stereocenters. The summed E-state index contributed by atoms with van der Waals surface area (Å²) in [5, 5.41) is 17.0. The molecule has 0 saturated carbocycles. The van der Waals surface area contributed by atoms with Gasteiger partial charge in [-0.1, -0.05) is 42.3 Å². The van der Waals surface area contributed by atoms with Gasteiger partial charge in [0.2, 0.25) is 11.7 Å². The number of ether oxygens (including phenoxy) is 1. The first-order valence-electron chi connectivity index (χ1n) is 13.0. The van der Waals surface area contributed by atoms with Crippen molar-refractivity contribution < 1.29 is 46.5 Å². The maximum Gasteiger partial charge on any atom is 0.290 e. The molecule has 1 heterocycles. The topological polar surface area (TPSA) is 90.3 Å². The van der Waals surface area contributed by atoms with E-state index in [1.54, 1.807) is 11.0 Å². The van der Waals surface area contributed by atoms with E-state index < -0.39 is 29.1 Å². The summed E-state index contributed by atoms with van der Waals surface area (Å²) < 4.78 is 67.4. The van der Waals surface area contributed by atoms with Crippen molar-refractivity contribution in [1.82, 2.24) is 4.31 Å². The van der Waals surface area contributed by atoms with Gasteiger partial charge in [-0.25, -0.2) is 26.3 Å². The minimum absolute atomic E-state index is 0.00129. The number of aromatic hydroxyl groups is 1. The summed E-state index contributed by atoms with van der Waals surface area (Å²) in [6.07, 6.45) is 4.07. The summed E-state index contributed by atoms with van der Waals surface area (Å²) in [5.41, 5.74) is 3.91. The van der Waals surface area contributed by atoms with E-state index in [4.69, 9.17) is 14.6 Å². The Labute approximate surface area is 251 Å². The Morgan fingerprint density at radius 2 is 1.53 bits per heavy atom. The monoisotopic (exact) mass is 628 g/mol. The molecule has 3 aromatic rings. The molecule has 2 N–H and O–H groups in total. The van der Waals surface area contributed by atoms with Gasteiger partial charge in [-0.05, 0) is 61.7 Å². The molecule has 1 aliphatic rings. The van der Waals surface area contributed by atoms with Gasteiger partial charge in [0, 0.05) is 31.0 Å². The zero-order valence-electron chi connectivity index (χ0n) is 23.8. The van der Waals surface area contributed by atoms with E-state index in [1.165, 1.54) is 17.5 Å². The van der Waals surface area contributed by atoms with Crippen LogP contribution in [-0.4, -0.2) is 60.0 Å². The molecule has 0 radical (unpaired) electrons. The van der Waals surface area contributed by atoms with Crippen molar-refractivity contribution in [2.75, 3.05) is 38.0 Å². The maximum atomic E-state index is 13.0. The number of aryl methyl sites for hydroxylation is 1. The quantitative estimate of drug-likeness (QED) is 0.103. The van der Waals surface area contributed by atoms with E-state index in [9.17, 15) is 31.9 Å². The number of rotatable bonds is 7. The molecular weight excluding hydrogens is 595 g/mol. The third-order valence-electron chi connectivity index (χ3n) is 6.55. The highest BCUT2D eigenvalue weighted by Crippen LogP contribution is 2.29. The van der Waals surface area contributed by atoms with E-state index in [0.29, 0.717) is 24.7 Å². The third kappa shape index (κ3) is 10.5. The van der Waals surface area contributed by atoms with Gasteiger partial charge in [-0.3, -0.25) is 9.59 Å². The molecule has 4 rings (SSSR count). The molecule has 0 spiro atoms. The van der Waals surface area contributed by atoms with Crippen LogP contribution in [0, 0.1) is 36.0 Å². The van der Waals surface area contributed by atoms with E-state index in [-0.39, 0.29) is 24.2 Å². The minimum atomic E-state index is -2.14. The zero-order valence-corrected chi connectivity index (χ0v) is 24.6. The van der Waals surface area contributed by atoms with Crippen molar-refractivity contribution >= 4 is 30.0 Å². The number of anilines is 1. The summed E-state index contributed by atoms with van der Waals surface area (Å²) >= 11 is 1.52. The summed E-state index contributed by atoms with van der Waals surface area (Å²) in [6, 6.07) is 13.9. The summed E-state index contributed by atoms with van der Waals surface area (Å²) in [6.45, 7) is 4.03. The number of carbonyl (C=O) groups excluding carboxylic acids is 1. The molecule has 234 valence electrons. The number of hydrogen-bond donors (Lipinski definition) is 2. The Balaban J connectivity index is 0.000000383. The molecule has 1 fully saturated rings. The van der Waals surface area contributed by atoms with Gasteiger partial charge in [-0.15, -0.1) is 0 Å². The molecule has 43 heavy (non-hydrogen) atoms. The number of carboxylic acid groups (broad SMARTS) is 1. The molecule has 13 heteroatoms. The maximum absolute atomic E-state index is 13.0. The molecule has 1 amide bonds. The molecular formula is C30H33F5N2O5S. The molecule has 7 nitrogen and oxygen atoms in total. The second-order valence-electron chi connectivity index (χ2n) is 9.44. The minimum Gasteiger partial charge on any atom is -0.508 e. The van der Waals surface area contributed by atoms with Crippen molar-refractivity contribution in [2.45, 2.75) is 32.2 Å². The van der Waals surface area contributed by atoms with Gasteiger partial charge in [-0.2, -0.15) is 0 Å². The Kier molecular flexibility index (Phi) is 14.4. The first kappa shape index (κ1) is 35.5. The van der Waals surface area contributed by atoms with Crippen molar-refractivity contribution in [1.29, 1.82) is 0 Å². The lowest BCUT2D eigenvalue weighted by Crippen LogP contribution is -2.36. The van der Waals surface area contributed by atoms with Crippen LogP contribution in [0.5, 0.6) is 5.75 Å². The highest BCUT2D eigenvalue weighted by Gasteiger charge is 2.21. The smallest absolute Gasteiger partial charge is 0.290 e. The van der Waals surface area contributed by atoms with Gasteiger partial charge < -0.3 is 19.8 Å². The molecule has 1 saturated heterocycles. The van der Waals surface area contributed by atoms with Crippen LogP contribution in [-0.2, 0) is 20.9 Å². The van der Waals surface area contributed by atoms with Crippen molar-refractivity contribution in [3.8, 4) is 5.75 Å². The summed E-state index contributed by atoms with van der Waals surface area (Å²) in [5.74, 6) is -8.90. The van der Waals surface area contributed by atoms with E-state index in [1.807, 2.05) is 36.7 Å². The average molecular weight is 629 g/mol. The first-order valence-corrected chi connectivity index (χ1v) is 14.2. The van der Waals surface area contributed by atoms with Crippen molar-refractivity contribution in [3.63, 3.8) is 0 Å². The Morgan fingerprint density at radius 3 is 2.05 bits per heavy atom. The number of phenolic OH excluding ortho intramolecular Hbond substituents is 1. The van der Waals surface area contributed by atoms with Crippen LogP contribution in [0.3, 0.4) is 0 Å². The Morgan fingerprint density at radius 1 is 0.977 bits per heavy atom. The van der Waals surface area contributed by atoms with Crippen LogP contribution in [0.2, 0.25) is 0 Å². The number of amides is 1. The van der Waals surface area contributed by atoms with Crippen LogP contribution < -0.4 is 4.90 Å². The molecule has 0 aromatic heterocycles.